The summed E-state index contributed by atoms with van der Waals surface area (Å²) in [7, 11) is -2.30. The Labute approximate surface area is 215 Å². The molecule has 0 saturated heterocycles. The van der Waals surface area contributed by atoms with Gasteiger partial charge >= 0.3 is 5.97 Å². The summed E-state index contributed by atoms with van der Waals surface area (Å²) in [5, 5.41) is 0.616. The van der Waals surface area contributed by atoms with Crippen LogP contribution < -0.4 is 4.74 Å². The van der Waals surface area contributed by atoms with Crippen molar-refractivity contribution in [2.75, 3.05) is 33.4 Å². The number of nitrogens with zero attached hydrogens (tertiary/aromatic N) is 1. The van der Waals surface area contributed by atoms with Crippen molar-refractivity contribution in [1.29, 1.82) is 0 Å². The number of thiophene rings is 1. The Balaban J connectivity index is 1.65. The first-order chi connectivity index (χ1) is 17.2. The number of sulfonamides is 1. The first kappa shape index (κ1) is 28.0. The number of hydrogen-bond acceptors (Lipinski definition) is 7. The molecule has 0 amide bonds. The van der Waals surface area contributed by atoms with E-state index in [0.717, 1.165) is 21.6 Å². The molecule has 0 bridgehead atoms. The smallest absolute Gasteiger partial charge is 0.335 e. The van der Waals surface area contributed by atoms with Crippen LogP contribution in [0.5, 0.6) is 5.75 Å². The molecule has 3 rings (SSSR count). The maximum Gasteiger partial charge on any atom is 0.335 e. The molecule has 196 valence electrons. The fourth-order valence-electron chi connectivity index (χ4n) is 3.83. The van der Waals surface area contributed by atoms with Crippen molar-refractivity contribution in [2.24, 2.45) is 0 Å². The highest BCUT2D eigenvalue weighted by Crippen LogP contribution is 2.36. The summed E-state index contributed by atoms with van der Waals surface area (Å²) in [5.74, 6) is -0.210. The molecule has 7 nitrogen and oxygen atoms in total. The highest BCUT2D eigenvalue weighted by Gasteiger charge is 2.28. The largest absolute Gasteiger partial charge is 0.492 e. The lowest BCUT2D eigenvalue weighted by Crippen LogP contribution is -2.35. The van der Waals surface area contributed by atoms with E-state index in [1.54, 1.807) is 32.0 Å². The van der Waals surface area contributed by atoms with Crippen LogP contribution in [0.3, 0.4) is 0 Å². The molecule has 10 heteroatoms. The number of halogens is 1. The monoisotopic (exact) mass is 537 g/mol. The summed E-state index contributed by atoms with van der Waals surface area (Å²) in [4.78, 5) is 11.9. The van der Waals surface area contributed by atoms with Crippen molar-refractivity contribution in [3.05, 3.63) is 59.4 Å². The number of benzene rings is 2. The van der Waals surface area contributed by atoms with Crippen LogP contribution in [-0.2, 0) is 30.7 Å². The van der Waals surface area contributed by atoms with Crippen LogP contribution in [0.25, 0.3) is 10.1 Å². The number of ether oxygens (including phenoxy) is 3. The Morgan fingerprint density at radius 3 is 2.47 bits per heavy atom. The van der Waals surface area contributed by atoms with E-state index in [4.69, 9.17) is 14.2 Å². The van der Waals surface area contributed by atoms with Crippen molar-refractivity contribution in [3.63, 3.8) is 0 Å². The molecule has 0 aliphatic heterocycles. The lowest BCUT2D eigenvalue weighted by atomic mass is 10.1. The van der Waals surface area contributed by atoms with Gasteiger partial charge in [-0.3, -0.25) is 0 Å². The summed E-state index contributed by atoms with van der Waals surface area (Å²) in [5.41, 5.74) is 1.44. The van der Waals surface area contributed by atoms with Crippen molar-refractivity contribution in [2.45, 2.75) is 43.9 Å². The summed E-state index contributed by atoms with van der Waals surface area (Å²) in [6.07, 6.45) is 0.336. The van der Waals surface area contributed by atoms with Gasteiger partial charge in [-0.05, 0) is 67.1 Å². The van der Waals surface area contributed by atoms with Gasteiger partial charge in [0.1, 0.15) is 22.4 Å². The lowest BCUT2D eigenvalue weighted by Gasteiger charge is -2.21. The van der Waals surface area contributed by atoms with Crippen LogP contribution in [0.1, 0.15) is 31.4 Å². The summed E-state index contributed by atoms with van der Waals surface area (Å²) in [6, 6.07) is 11.5. The van der Waals surface area contributed by atoms with Gasteiger partial charge in [-0.25, -0.2) is 17.6 Å². The highest BCUT2D eigenvalue weighted by atomic mass is 32.2. The molecular formula is C26H32FNO6S2. The summed E-state index contributed by atoms with van der Waals surface area (Å²) < 4.78 is 59.1. The number of carbonyl (C=O) groups excluding carboxylic acids is 1. The predicted octanol–water partition coefficient (Wildman–Crippen LogP) is 4.95. The number of aryl methyl sites for hydroxylation is 1. The second kappa shape index (κ2) is 12.6. The highest BCUT2D eigenvalue weighted by molar-refractivity contribution is 7.91. The minimum Gasteiger partial charge on any atom is -0.492 e. The standard InChI is InChI=1S/C26H32FNO6S2/c1-5-13-28(36(30,31)26-18(3)22-17-20(27)9-12-24(22)35-26)14-15-34-21-10-7-19(8-11-21)16-23(32-4)25(29)33-6-2/h7-12,17,23H,5-6,13-16H2,1-4H3/t23-/m1/s1. The predicted molar refractivity (Wildman–Crippen MR) is 139 cm³/mol. The maximum atomic E-state index is 13.7. The van der Waals surface area contributed by atoms with Gasteiger partial charge in [0.05, 0.1) is 6.61 Å². The van der Waals surface area contributed by atoms with Gasteiger partial charge < -0.3 is 14.2 Å². The fourth-order valence-corrected chi connectivity index (χ4v) is 7.23. The minimum atomic E-state index is -3.77. The molecule has 0 spiro atoms. The lowest BCUT2D eigenvalue weighted by molar-refractivity contribution is -0.154. The zero-order valence-electron chi connectivity index (χ0n) is 21.0. The molecule has 36 heavy (non-hydrogen) atoms. The molecule has 0 aliphatic rings. The average Bonchev–Trinajstić information content (AvgIpc) is 3.19. The van der Waals surface area contributed by atoms with Gasteiger partial charge in [0.15, 0.2) is 6.10 Å². The molecule has 1 atom stereocenters. The Bertz CT molecular complexity index is 1270. The number of methoxy groups -OCH3 is 1. The van der Waals surface area contributed by atoms with Gasteiger partial charge in [0.2, 0.25) is 0 Å². The van der Waals surface area contributed by atoms with Crippen LogP contribution in [0, 0.1) is 12.7 Å². The Hall–Kier alpha value is -2.53. The molecule has 0 N–H and O–H groups in total. The minimum absolute atomic E-state index is 0.167. The second-order valence-electron chi connectivity index (χ2n) is 8.23. The van der Waals surface area contributed by atoms with Crippen LogP contribution in [0.2, 0.25) is 0 Å². The molecule has 1 aromatic heterocycles. The SMILES string of the molecule is CCCN(CCOc1ccc(C[C@@H](OC)C(=O)OCC)cc1)S(=O)(=O)c1sc2ccc(F)cc2c1C. The molecule has 1 heterocycles. The van der Waals surface area contributed by atoms with Gasteiger partial charge in [0, 0.05) is 31.3 Å². The molecule has 0 radical (unpaired) electrons. The molecule has 0 aliphatic carbocycles. The third kappa shape index (κ3) is 6.61. The number of fused-ring (bicyclic) bond motifs is 1. The van der Waals surface area contributed by atoms with Crippen molar-refractivity contribution in [3.8, 4) is 5.75 Å². The number of rotatable bonds is 13. The van der Waals surface area contributed by atoms with E-state index in [9.17, 15) is 17.6 Å². The molecule has 3 aromatic rings. The Morgan fingerprint density at radius 2 is 1.83 bits per heavy atom. The van der Waals surface area contributed by atoms with Gasteiger partial charge in [-0.15, -0.1) is 11.3 Å². The number of carbonyl (C=O) groups is 1. The van der Waals surface area contributed by atoms with Gasteiger partial charge in [-0.1, -0.05) is 19.1 Å². The Kier molecular flexibility index (Phi) is 9.84. The Morgan fingerprint density at radius 1 is 1.11 bits per heavy atom. The van der Waals surface area contributed by atoms with Crippen LogP contribution in [0.4, 0.5) is 4.39 Å². The van der Waals surface area contributed by atoms with Gasteiger partial charge in [-0.2, -0.15) is 4.31 Å². The quantitative estimate of drug-likeness (QED) is 0.287. The number of esters is 1. The first-order valence-electron chi connectivity index (χ1n) is 11.8. The van der Waals surface area contributed by atoms with E-state index in [-0.39, 0.29) is 24.0 Å². The fraction of sp³-hybridized carbons (Fsp3) is 0.423. The zero-order valence-corrected chi connectivity index (χ0v) is 22.6. The first-order valence-corrected chi connectivity index (χ1v) is 14.1. The van der Waals surface area contributed by atoms with Crippen molar-refractivity contribution < 1.29 is 31.8 Å². The van der Waals surface area contributed by atoms with Crippen molar-refractivity contribution in [1.82, 2.24) is 4.31 Å². The van der Waals surface area contributed by atoms with E-state index < -0.39 is 27.9 Å². The third-order valence-electron chi connectivity index (χ3n) is 5.69. The molecular weight excluding hydrogens is 505 g/mol. The van der Waals surface area contributed by atoms with E-state index in [2.05, 4.69) is 0 Å². The zero-order chi connectivity index (χ0) is 26.3. The molecule has 0 fully saturated rings. The maximum absolute atomic E-state index is 13.7. The molecule has 0 saturated carbocycles. The van der Waals surface area contributed by atoms with E-state index >= 15 is 0 Å². The van der Waals surface area contributed by atoms with Crippen molar-refractivity contribution >= 4 is 37.4 Å². The van der Waals surface area contributed by atoms with Gasteiger partial charge in [0.25, 0.3) is 10.0 Å². The molecule has 0 unspecified atom stereocenters. The topological polar surface area (TPSA) is 82.1 Å². The summed E-state index contributed by atoms with van der Waals surface area (Å²) in [6.45, 7) is 6.35. The normalized spacial score (nSPS) is 12.7. The summed E-state index contributed by atoms with van der Waals surface area (Å²) >= 11 is 1.16. The third-order valence-corrected chi connectivity index (χ3v) is 9.46. The molecule has 2 aromatic carbocycles. The van der Waals surface area contributed by atoms with E-state index in [1.807, 2.05) is 19.1 Å². The van der Waals surface area contributed by atoms with Crippen LogP contribution >= 0.6 is 11.3 Å². The van der Waals surface area contributed by atoms with E-state index in [0.29, 0.717) is 36.1 Å². The van der Waals surface area contributed by atoms with E-state index in [1.165, 1.54) is 23.5 Å². The average molecular weight is 538 g/mol. The van der Waals surface area contributed by atoms with Crippen LogP contribution in [0.15, 0.2) is 46.7 Å². The van der Waals surface area contributed by atoms with Crippen LogP contribution in [-0.4, -0.2) is 58.2 Å². The number of hydrogen-bond donors (Lipinski definition) is 0. The second-order valence-corrected chi connectivity index (χ2v) is 11.4.